The number of hydrogen-bond acceptors (Lipinski definition) is 4. The van der Waals surface area contributed by atoms with Gasteiger partial charge in [-0.05, 0) is 12.0 Å². The third-order valence-electron chi connectivity index (χ3n) is 3.08. The maximum atomic E-state index is 11.9. The second-order valence-corrected chi connectivity index (χ2v) is 4.34. The van der Waals surface area contributed by atoms with Crippen molar-refractivity contribution in [3.8, 4) is 0 Å². The summed E-state index contributed by atoms with van der Waals surface area (Å²) in [4.78, 5) is 17.0. The van der Waals surface area contributed by atoms with Crippen LogP contribution in [-0.2, 0) is 21.0 Å². The topological polar surface area (TPSA) is 47.9 Å². The molecule has 0 saturated carbocycles. The highest BCUT2D eigenvalue weighted by Crippen LogP contribution is 2.21. The van der Waals surface area contributed by atoms with Crippen molar-refractivity contribution in [3.63, 3.8) is 0 Å². The van der Waals surface area contributed by atoms with Gasteiger partial charge in [-0.25, -0.2) is 4.79 Å². The Balaban J connectivity index is 1.87. The summed E-state index contributed by atoms with van der Waals surface area (Å²) in [6.07, 6.45) is 0.201. The summed E-state index contributed by atoms with van der Waals surface area (Å²) in [5, 5.41) is 3.91. The summed E-state index contributed by atoms with van der Waals surface area (Å²) in [5.74, 6) is -0.350. The van der Waals surface area contributed by atoms with Crippen molar-refractivity contribution in [1.29, 1.82) is 0 Å². The van der Waals surface area contributed by atoms with Crippen LogP contribution in [0.5, 0.6) is 0 Å². The molecule has 0 bridgehead atoms. The van der Waals surface area contributed by atoms with E-state index in [4.69, 9.17) is 9.57 Å². The van der Waals surface area contributed by atoms with Crippen LogP contribution in [-0.4, -0.2) is 17.8 Å². The zero-order valence-electron chi connectivity index (χ0n) is 10.6. The van der Waals surface area contributed by atoms with Crippen LogP contribution in [0.4, 0.5) is 0 Å². The minimum Gasteiger partial charge on any atom is -0.458 e. The van der Waals surface area contributed by atoms with Crippen molar-refractivity contribution in [1.82, 2.24) is 0 Å². The number of nitrogens with zero attached hydrogens (tertiary/aromatic N) is 1. The number of rotatable bonds is 4. The van der Waals surface area contributed by atoms with Crippen molar-refractivity contribution in [2.75, 3.05) is 0 Å². The molecule has 1 heterocycles. The van der Waals surface area contributed by atoms with E-state index in [0.717, 1.165) is 17.7 Å². The Morgan fingerprint density at radius 2 is 2.11 bits per heavy atom. The van der Waals surface area contributed by atoms with E-state index in [1.165, 1.54) is 0 Å². The van der Waals surface area contributed by atoms with Gasteiger partial charge in [0.1, 0.15) is 6.61 Å². The summed E-state index contributed by atoms with van der Waals surface area (Å²) in [6, 6.07) is 9.58. The van der Waals surface area contributed by atoms with E-state index >= 15 is 0 Å². The normalized spacial score (nSPS) is 22.2. The van der Waals surface area contributed by atoms with Gasteiger partial charge < -0.3 is 9.57 Å². The molecule has 0 fully saturated rings. The Labute approximate surface area is 107 Å². The lowest BCUT2D eigenvalue weighted by atomic mass is 9.98. The second-order valence-electron chi connectivity index (χ2n) is 4.34. The quantitative estimate of drug-likeness (QED) is 0.768. The zero-order valence-corrected chi connectivity index (χ0v) is 10.6. The Bertz CT molecular complexity index is 442. The number of esters is 1. The van der Waals surface area contributed by atoms with E-state index < -0.39 is 6.10 Å². The largest absolute Gasteiger partial charge is 0.458 e. The molecule has 1 aromatic rings. The van der Waals surface area contributed by atoms with Gasteiger partial charge in [0.2, 0.25) is 6.10 Å². The average Bonchev–Trinajstić information content (AvgIpc) is 2.78. The second kappa shape index (κ2) is 5.67. The number of carbonyl (C=O) groups is 1. The molecule has 4 heteroatoms. The Kier molecular flexibility index (Phi) is 3.97. The minimum absolute atomic E-state index is 0.00160. The zero-order chi connectivity index (χ0) is 13.0. The highest BCUT2D eigenvalue weighted by molar-refractivity contribution is 5.92. The van der Waals surface area contributed by atoms with Crippen molar-refractivity contribution >= 4 is 11.7 Å². The monoisotopic (exact) mass is 247 g/mol. The molecule has 0 saturated heterocycles. The highest BCUT2D eigenvalue weighted by atomic mass is 16.7. The van der Waals surface area contributed by atoms with Gasteiger partial charge in [-0.3, -0.25) is 0 Å². The van der Waals surface area contributed by atoms with Crippen LogP contribution in [0.15, 0.2) is 35.5 Å². The molecule has 0 aromatic heterocycles. The summed E-state index contributed by atoms with van der Waals surface area (Å²) in [6.45, 7) is 4.20. The number of carbonyl (C=O) groups excluding carboxylic acids is 1. The Hall–Kier alpha value is -1.84. The van der Waals surface area contributed by atoms with Gasteiger partial charge >= 0.3 is 5.97 Å². The van der Waals surface area contributed by atoms with Crippen LogP contribution in [0.2, 0.25) is 0 Å². The Morgan fingerprint density at radius 1 is 1.39 bits per heavy atom. The van der Waals surface area contributed by atoms with Crippen molar-refractivity contribution < 1.29 is 14.4 Å². The number of hydrogen-bond donors (Lipinski definition) is 0. The standard InChI is InChI=1S/C14H17NO3/c1-3-12-10(2)13(18-15-12)14(16)17-9-11-7-5-4-6-8-11/h4-8,10,13H,3,9H2,1-2H3/t10-,13-/m1/s1. The lowest BCUT2D eigenvalue weighted by Gasteiger charge is -2.13. The first-order valence-corrected chi connectivity index (χ1v) is 6.15. The van der Waals surface area contributed by atoms with E-state index in [-0.39, 0.29) is 18.5 Å². The molecule has 0 unspecified atom stereocenters. The van der Waals surface area contributed by atoms with E-state index in [2.05, 4.69) is 5.16 Å². The fraction of sp³-hybridized carbons (Fsp3) is 0.429. The van der Waals surface area contributed by atoms with Gasteiger partial charge in [0.15, 0.2) is 0 Å². The third-order valence-corrected chi connectivity index (χ3v) is 3.08. The van der Waals surface area contributed by atoms with E-state index in [1.54, 1.807) is 0 Å². The summed E-state index contributed by atoms with van der Waals surface area (Å²) in [7, 11) is 0. The van der Waals surface area contributed by atoms with Crippen LogP contribution in [0.3, 0.4) is 0 Å². The van der Waals surface area contributed by atoms with Gasteiger partial charge in [-0.1, -0.05) is 49.3 Å². The molecule has 0 amide bonds. The lowest BCUT2D eigenvalue weighted by Crippen LogP contribution is -2.30. The van der Waals surface area contributed by atoms with Crippen LogP contribution in [0, 0.1) is 5.92 Å². The molecule has 1 aliphatic rings. The smallest absolute Gasteiger partial charge is 0.351 e. The summed E-state index contributed by atoms with van der Waals surface area (Å²) >= 11 is 0. The molecule has 4 nitrogen and oxygen atoms in total. The SMILES string of the molecule is CCC1=NO[C@@H](C(=O)OCc2ccccc2)[C@@H]1C. The minimum atomic E-state index is -0.594. The fourth-order valence-electron chi connectivity index (χ4n) is 1.92. The first kappa shape index (κ1) is 12.6. The van der Waals surface area contributed by atoms with Crippen LogP contribution < -0.4 is 0 Å². The summed E-state index contributed by atoms with van der Waals surface area (Å²) in [5.41, 5.74) is 1.88. The molecule has 18 heavy (non-hydrogen) atoms. The van der Waals surface area contributed by atoms with Gasteiger partial charge in [0.05, 0.1) is 5.71 Å². The number of benzene rings is 1. The molecule has 1 aliphatic heterocycles. The molecular weight excluding hydrogens is 230 g/mol. The van der Waals surface area contributed by atoms with Crippen molar-refractivity contribution in [3.05, 3.63) is 35.9 Å². The maximum Gasteiger partial charge on any atom is 0.351 e. The first-order valence-electron chi connectivity index (χ1n) is 6.15. The molecule has 2 atom stereocenters. The Morgan fingerprint density at radius 3 is 2.72 bits per heavy atom. The number of oxime groups is 1. The third kappa shape index (κ3) is 2.70. The van der Waals surface area contributed by atoms with Gasteiger partial charge in [0.25, 0.3) is 0 Å². The van der Waals surface area contributed by atoms with E-state index in [0.29, 0.717) is 0 Å². The fourth-order valence-corrected chi connectivity index (χ4v) is 1.92. The molecule has 0 N–H and O–H groups in total. The van der Waals surface area contributed by atoms with Gasteiger partial charge in [-0.15, -0.1) is 0 Å². The van der Waals surface area contributed by atoms with Crippen molar-refractivity contribution in [2.24, 2.45) is 11.1 Å². The van der Waals surface area contributed by atoms with Gasteiger partial charge in [-0.2, -0.15) is 0 Å². The van der Waals surface area contributed by atoms with E-state index in [1.807, 2.05) is 44.2 Å². The lowest BCUT2D eigenvalue weighted by molar-refractivity contribution is -0.158. The predicted octanol–water partition coefficient (Wildman–Crippen LogP) is 2.53. The van der Waals surface area contributed by atoms with Crippen molar-refractivity contribution in [2.45, 2.75) is 33.0 Å². The molecule has 2 rings (SSSR count). The molecule has 0 spiro atoms. The molecule has 0 radical (unpaired) electrons. The first-order chi connectivity index (χ1) is 8.72. The number of ether oxygens (including phenoxy) is 1. The van der Waals surface area contributed by atoms with Crippen LogP contribution in [0.25, 0.3) is 0 Å². The van der Waals surface area contributed by atoms with E-state index in [9.17, 15) is 4.79 Å². The average molecular weight is 247 g/mol. The maximum absolute atomic E-state index is 11.9. The predicted molar refractivity (Wildman–Crippen MR) is 68.0 cm³/mol. The molecule has 1 aromatic carbocycles. The summed E-state index contributed by atoms with van der Waals surface area (Å²) < 4.78 is 5.24. The van der Waals surface area contributed by atoms with Gasteiger partial charge in [0, 0.05) is 5.92 Å². The van der Waals surface area contributed by atoms with Crippen LogP contribution in [0.1, 0.15) is 25.8 Å². The molecule has 96 valence electrons. The highest BCUT2D eigenvalue weighted by Gasteiger charge is 2.36. The molecular formula is C14H17NO3. The molecule has 0 aliphatic carbocycles. The van der Waals surface area contributed by atoms with Crippen LogP contribution >= 0.6 is 0 Å².